The summed E-state index contributed by atoms with van der Waals surface area (Å²) in [7, 11) is 0. The number of hydrogen-bond donors (Lipinski definition) is 2. The molecule has 0 radical (unpaired) electrons. The smallest absolute Gasteiger partial charge is 0.233 e. The number of nitrogens with one attached hydrogen (secondary N) is 1. The van der Waals surface area contributed by atoms with E-state index < -0.39 is 11.6 Å². The van der Waals surface area contributed by atoms with E-state index in [2.05, 4.69) is 5.32 Å². The van der Waals surface area contributed by atoms with E-state index in [-0.39, 0.29) is 11.2 Å². The van der Waals surface area contributed by atoms with Crippen LogP contribution in [0.2, 0.25) is 0 Å². The zero-order valence-electron chi connectivity index (χ0n) is 9.75. The number of amides is 1. The van der Waals surface area contributed by atoms with E-state index in [0.29, 0.717) is 0 Å². The molecule has 2 N–H and O–H groups in total. The molecule has 2 unspecified atom stereocenters. The molecule has 15 heavy (non-hydrogen) atoms. The summed E-state index contributed by atoms with van der Waals surface area (Å²) in [6.07, 6.45) is 2.79. The van der Waals surface area contributed by atoms with E-state index in [1.807, 2.05) is 13.8 Å². The summed E-state index contributed by atoms with van der Waals surface area (Å²) in [6.45, 7) is 5.40. The molecule has 1 saturated heterocycles. The van der Waals surface area contributed by atoms with Crippen molar-refractivity contribution in [3.05, 3.63) is 0 Å². The minimum atomic E-state index is -0.533. The fourth-order valence-electron chi connectivity index (χ4n) is 1.45. The summed E-state index contributed by atoms with van der Waals surface area (Å²) < 4.78 is 0. The Morgan fingerprint density at radius 1 is 1.53 bits per heavy atom. The van der Waals surface area contributed by atoms with Crippen LogP contribution >= 0.6 is 11.8 Å². The first-order valence-corrected chi connectivity index (χ1v) is 6.60. The van der Waals surface area contributed by atoms with Gasteiger partial charge in [0.1, 0.15) is 0 Å². The number of rotatable bonds is 3. The summed E-state index contributed by atoms with van der Waals surface area (Å²) >= 11 is 1.73. The average Bonchev–Trinajstić information content (AvgIpc) is 2.18. The Balaban J connectivity index is 2.47. The molecule has 4 heteroatoms. The second kappa shape index (κ2) is 5.21. The lowest BCUT2D eigenvalue weighted by molar-refractivity contribution is -0.123. The van der Waals surface area contributed by atoms with Crippen LogP contribution in [-0.2, 0) is 4.79 Å². The molecular formula is C11H21NO2S. The summed E-state index contributed by atoms with van der Waals surface area (Å²) in [5.41, 5.74) is -0.533. The van der Waals surface area contributed by atoms with Gasteiger partial charge in [-0.15, -0.1) is 11.8 Å². The molecule has 0 aromatic rings. The van der Waals surface area contributed by atoms with Gasteiger partial charge in [-0.2, -0.15) is 0 Å². The molecule has 1 fully saturated rings. The van der Waals surface area contributed by atoms with Crippen molar-refractivity contribution in [3.63, 3.8) is 0 Å². The number of carbonyl (C=O) groups excluding carboxylic acids is 1. The predicted octanol–water partition coefficient (Wildman–Crippen LogP) is 1.55. The molecule has 0 saturated carbocycles. The lowest BCUT2D eigenvalue weighted by atomic mass is 9.98. The largest absolute Gasteiger partial charge is 0.391 e. The summed E-state index contributed by atoms with van der Waals surface area (Å²) in [5.74, 6) is 1.15. The Kier molecular flexibility index (Phi) is 4.46. The highest BCUT2D eigenvalue weighted by Gasteiger charge is 2.30. The highest BCUT2D eigenvalue weighted by atomic mass is 32.2. The Morgan fingerprint density at radius 3 is 2.67 bits per heavy atom. The molecule has 88 valence electrons. The molecule has 0 aromatic carbocycles. The van der Waals surface area contributed by atoms with E-state index in [1.165, 1.54) is 6.42 Å². The molecule has 0 bridgehead atoms. The number of hydrogen-bond acceptors (Lipinski definition) is 3. The summed E-state index contributed by atoms with van der Waals surface area (Å²) in [5, 5.41) is 12.5. The van der Waals surface area contributed by atoms with E-state index in [1.54, 1.807) is 18.7 Å². The highest BCUT2D eigenvalue weighted by molar-refractivity contribution is 8.00. The summed E-state index contributed by atoms with van der Waals surface area (Å²) in [6, 6.07) is 0. The molecule has 1 heterocycles. The van der Waals surface area contributed by atoms with Crippen molar-refractivity contribution in [2.24, 2.45) is 0 Å². The van der Waals surface area contributed by atoms with Crippen LogP contribution in [0.3, 0.4) is 0 Å². The van der Waals surface area contributed by atoms with Gasteiger partial charge in [0.15, 0.2) is 0 Å². The quantitative estimate of drug-likeness (QED) is 0.775. The van der Waals surface area contributed by atoms with E-state index in [0.717, 1.165) is 18.6 Å². The first-order valence-electron chi connectivity index (χ1n) is 5.55. The third-order valence-corrected chi connectivity index (χ3v) is 4.34. The average molecular weight is 231 g/mol. The first-order chi connectivity index (χ1) is 6.93. The van der Waals surface area contributed by atoms with Crippen LogP contribution in [0.5, 0.6) is 0 Å². The van der Waals surface area contributed by atoms with E-state index in [4.69, 9.17) is 0 Å². The van der Waals surface area contributed by atoms with Gasteiger partial charge < -0.3 is 10.4 Å². The van der Waals surface area contributed by atoms with Crippen LogP contribution in [0.1, 0.15) is 40.0 Å². The Hall–Kier alpha value is -0.220. The predicted molar refractivity (Wildman–Crippen MR) is 64.0 cm³/mol. The maximum Gasteiger partial charge on any atom is 0.233 e. The van der Waals surface area contributed by atoms with Crippen molar-refractivity contribution in [2.75, 3.05) is 5.75 Å². The van der Waals surface area contributed by atoms with Crippen LogP contribution in [0.4, 0.5) is 0 Å². The second-order valence-electron chi connectivity index (χ2n) is 4.74. The monoisotopic (exact) mass is 231 g/mol. The molecule has 1 rings (SSSR count). The van der Waals surface area contributed by atoms with Gasteiger partial charge in [-0.1, -0.05) is 6.42 Å². The number of aliphatic hydroxyl groups is 1. The molecule has 0 aliphatic carbocycles. The van der Waals surface area contributed by atoms with Crippen molar-refractivity contribution < 1.29 is 9.90 Å². The fraction of sp³-hybridized carbons (Fsp3) is 0.909. The van der Waals surface area contributed by atoms with E-state index >= 15 is 0 Å². The van der Waals surface area contributed by atoms with Gasteiger partial charge >= 0.3 is 0 Å². The van der Waals surface area contributed by atoms with Crippen molar-refractivity contribution in [1.82, 2.24) is 5.32 Å². The van der Waals surface area contributed by atoms with Crippen LogP contribution in [0.25, 0.3) is 0 Å². The number of thioether (sulfide) groups is 1. The standard InChI is InChI=1S/C11H21NO2S/c1-8(13)11(2,3)12-10(14)9-6-4-5-7-15-9/h8-9,13H,4-7H2,1-3H3,(H,12,14). The van der Waals surface area contributed by atoms with Crippen LogP contribution in [0.15, 0.2) is 0 Å². The lowest BCUT2D eigenvalue weighted by Gasteiger charge is -2.32. The van der Waals surface area contributed by atoms with Gasteiger partial charge in [-0.25, -0.2) is 0 Å². The SMILES string of the molecule is CC(O)C(C)(C)NC(=O)C1CCCCS1. The van der Waals surface area contributed by atoms with Crippen molar-refractivity contribution in [2.45, 2.75) is 56.9 Å². The van der Waals surface area contributed by atoms with Gasteiger partial charge in [-0.3, -0.25) is 4.79 Å². The van der Waals surface area contributed by atoms with Gasteiger partial charge in [0.25, 0.3) is 0 Å². The van der Waals surface area contributed by atoms with Crippen molar-refractivity contribution >= 4 is 17.7 Å². The molecular weight excluding hydrogens is 210 g/mol. The van der Waals surface area contributed by atoms with Gasteiger partial charge in [0, 0.05) is 0 Å². The highest BCUT2D eigenvalue weighted by Crippen LogP contribution is 2.25. The molecule has 1 aliphatic rings. The van der Waals surface area contributed by atoms with E-state index in [9.17, 15) is 9.90 Å². The second-order valence-corrected chi connectivity index (χ2v) is 6.05. The van der Waals surface area contributed by atoms with Crippen molar-refractivity contribution in [3.8, 4) is 0 Å². The van der Waals surface area contributed by atoms with Crippen LogP contribution in [0, 0.1) is 0 Å². The van der Waals surface area contributed by atoms with Crippen LogP contribution < -0.4 is 5.32 Å². The molecule has 1 amide bonds. The third-order valence-electron chi connectivity index (χ3n) is 2.96. The van der Waals surface area contributed by atoms with Gasteiger partial charge in [0.2, 0.25) is 5.91 Å². The molecule has 0 spiro atoms. The maximum atomic E-state index is 11.9. The first kappa shape index (κ1) is 12.8. The molecule has 0 aromatic heterocycles. The maximum absolute atomic E-state index is 11.9. The Labute approximate surface area is 96.0 Å². The number of aliphatic hydroxyl groups excluding tert-OH is 1. The summed E-state index contributed by atoms with van der Waals surface area (Å²) in [4.78, 5) is 11.9. The molecule has 2 atom stereocenters. The zero-order chi connectivity index (χ0) is 11.5. The zero-order valence-corrected chi connectivity index (χ0v) is 10.6. The topological polar surface area (TPSA) is 49.3 Å². The fourth-order valence-corrected chi connectivity index (χ4v) is 2.65. The van der Waals surface area contributed by atoms with Crippen molar-refractivity contribution in [1.29, 1.82) is 0 Å². The lowest BCUT2D eigenvalue weighted by Crippen LogP contribution is -2.53. The number of carbonyl (C=O) groups is 1. The van der Waals surface area contributed by atoms with Gasteiger partial charge in [0.05, 0.1) is 16.9 Å². The minimum Gasteiger partial charge on any atom is -0.391 e. The Bertz CT molecular complexity index is 223. The molecule has 3 nitrogen and oxygen atoms in total. The molecule has 1 aliphatic heterocycles. The normalized spacial score (nSPS) is 24.7. The Morgan fingerprint density at radius 2 is 2.20 bits per heavy atom. The van der Waals surface area contributed by atoms with Crippen LogP contribution in [-0.4, -0.2) is 33.7 Å². The third kappa shape index (κ3) is 3.68. The minimum absolute atomic E-state index is 0.0746. The van der Waals surface area contributed by atoms with Gasteiger partial charge in [-0.05, 0) is 39.4 Å².